The van der Waals surface area contributed by atoms with Gasteiger partial charge in [0, 0.05) is 17.1 Å². The maximum Gasteiger partial charge on any atom is 0.264 e. The molecule has 41 heavy (non-hydrogen) atoms. The predicted octanol–water partition coefficient (Wildman–Crippen LogP) is 5.51. The topological polar surface area (TPSA) is 96.0 Å². The second kappa shape index (κ2) is 14.5. The van der Waals surface area contributed by atoms with Crippen molar-refractivity contribution in [3.63, 3.8) is 0 Å². The standard InChI is InChI=1S/C30H35BrFN3O5S/c1-5-28(30(37)33-21(3)4)34(19-22-7-11-24(32)12-8-22)29(36)20-35(25-13-15-26(16-14-25)40-6-2)41(38,39)27-17-9-23(31)10-18-27/h7-18,21,28H,5-6,19-20H2,1-4H3,(H,33,37). The third kappa shape index (κ3) is 8.53. The molecule has 11 heteroatoms. The highest BCUT2D eigenvalue weighted by Crippen LogP contribution is 2.27. The molecule has 0 radical (unpaired) electrons. The molecule has 0 saturated carbocycles. The molecule has 0 saturated heterocycles. The number of nitrogens with zero attached hydrogens (tertiary/aromatic N) is 2. The zero-order valence-electron chi connectivity index (χ0n) is 23.5. The van der Waals surface area contributed by atoms with Crippen molar-refractivity contribution in [2.24, 2.45) is 0 Å². The van der Waals surface area contributed by atoms with E-state index in [2.05, 4.69) is 21.2 Å². The molecule has 0 aliphatic heterocycles. The molecular weight excluding hydrogens is 613 g/mol. The van der Waals surface area contributed by atoms with Crippen LogP contribution in [0.25, 0.3) is 0 Å². The van der Waals surface area contributed by atoms with E-state index < -0.39 is 34.3 Å². The minimum Gasteiger partial charge on any atom is -0.494 e. The van der Waals surface area contributed by atoms with Crippen LogP contribution < -0.4 is 14.4 Å². The van der Waals surface area contributed by atoms with Crippen molar-refractivity contribution in [2.75, 3.05) is 17.5 Å². The summed E-state index contributed by atoms with van der Waals surface area (Å²) in [6.07, 6.45) is 0.286. The quantitative estimate of drug-likeness (QED) is 0.264. The fraction of sp³-hybridized carbons (Fsp3) is 0.333. The van der Waals surface area contributed by atoms with Gasteiger partial charge in [0.15, 0.2) is 0 Å². The Morgan fingerprint density at radius 1 is 0.951 bits per heavy atom. The van der Waals surface area contributed by atoms with Gasteiger partial charge in [-0.25, -0.2) is 12.8 Å². The van der Waals surface area contributed by atoms with Crippen molar-refractivity contribution in [2.45, 2.75) is 57.6 Å². The number of rotatable bonds is 13. The number of anilines is 1. The Labute approximate surface area is 249 Å². The van der Waals surface area contributed by atoms with Gasteiger partial charge < -0.3 is 15.0 Å². The molecule has 220 valence electrons. The average Bonchev–Trinajstić information content (AvgIpc) is 2.93. The highest BCUT2D eigenvalue weighted by molar-refractivity contribution is 9.10. The Hall–Kier alpha value is -3.44. The predicted molar refractivity (Wildman–Crippen MR) is 161 cm³/mol. The Kier molecular flexibility index (Phi) is 11.3. The molecule has 0 heterocycles. The van der Waals surface area contributed by atoms with Crippen LogP contribution >= 0.6 is 15.9 Å². The highest BCUT2D eigenvalue weighted by atomic mass is 79.9. The average molecular weight is 649 g/mol. The largest absolute Gasteiger partial charge is 0.494 e. The lowest BCUT2D eigenvalue weighted by Crippen LogP contribution is -2.53. The molecular formula is C30H35BrFN3O5S. The van der Waals surface area contributed by atoms with Gasteiger partial charge in [0.2, 0.25) is 11.8 Å². The van der Waals surface area contributed by atoms with E-state index in [1.165, 1.54) is 41.3 Å². The maximum absolute atomic E-state index is 14.0. The Morgan fingerprint density at radius 3 is 2.10 bits per heavy atom. The van der Waals surface area contributed by atoms with Gasteiger partial charge in [-0.1, -0.05) is 35.0 Å². The summed E-state index contributed by atoms with van der Waals surface area (Å²) >= 11 is 3.32. The second-order valence-corrected chi connectivity index (χ2v) is 12.4. The first-order chi connectivity index (χ1) is 19.5. The lowest BCUT2D eigenvalue weighted by Gasteiger charge is -2.33. The van der Waals surface area contributed by atoms with Crippen LogP contribution in [0.2, 0.25) is 0 Å². The molecule has 8 nitrogen and oxygen atoms in total. The molecule has 0 bridgehead atoms. The van der Waals surface area contributed by atoms with E-state index >= 15 is 0 Å². The summed E-state index contributed by atoms with van der Waals surface area (Å²) in [5.74, 6) is -0.826. The first kappa shape index (κ1) is 32.1. The first-order valence-electron chi connectivity index (χ1n) is 13.3. The summed E-state index contributed by atoms with van der Waals surface area (Å²) in [6, 6.07) is 17.1. The van der Waals surface area contributed by atoms with Crippen molar-refractivity contribution in [1.82, 2.24) is 10.2 Å². The van der Waals surface area contributed by atoms with Crippen LogP contribution in [0.15, 0.2) is 82.2 Å². The number of carbonyl (C=O) groups is 2. The van der Waals surface area contributed by atoms with Crippen LogP contribution in [0.1, 0.15) is 39.7 Å². The fourth-order valence-electron chi connectivity index (χ4n) is 4.22. The van der Waals surface area contributed by atoms with Gasteiger partial charge in [-0.05, 0) is 93.4 Å². The molecule has 1 atom stereocenters. The van der Waals surface area contributed by atoms with E-state index in [1.807, 2.05) is 20.8 Å². The summed E-state index contributed by atoms with van der Waals surface area (Å²) in [6.45, 7) is 7.10. The van der Waals surface area contributed by atoms with E-state index in [1.54, 1.807) is 43.3 Å². The molecule has 0 aliphatic carbocycles. The lowest BCUT2D eigenvalue weighted by atomic mass is 10.1. The number of halogens is 2. The zero-order valence-corrected chi connectivity index (χ0v) is 25.9. The zero-order chi connectivity index (χ0) is 30.2. The second-order valence-electron chi connectivity index (χ2n) is 9.63. The van der Waals surface area contributed by atoms with Crippen LogP contribution in [0, 0.1) is 5.82 Å². The number of nitrogens with one attached hydrogen (secondary N) is 1. The van der Waals surface area contributed by atoms with Crippen molar-refractivity contribution < 1.29 is 27.1 Å². The van der Waals surface area contributed by atoms with Crippen LogP contribution in [0.3, 0.4) is 0 Å². The van der Waals surface area contributed by atoms with Crippen molar-refractivity contribution in [3.8, 4) is 5.75 Å². The molecule has 1 unspecified atom stereocenters. The van der Waals surface area contributed by atoms with Gasteiger partial charge in [0.25, 0.3) is 10.0 Å². The monoisotopic (exact) mass is 647 g/mol. The molecule has 0 aliphatic rings. The van der Waals surface area contributed by atoms with Gasteiger partial charge >= 0.3 is 0 Å². The van der Waals surface area contributed by atoms with Crippen molar-refractivity contribution in [1.29, 1.82) is 0 Å². The van der Waals surface area contributed by atoms with Crippen molar-refractivity contribution in [3.05, 3.63) is 88.6 Å². The van der Waals surface area contributed by atoms with E-state index in [-0.39, 0.29) is 35.5 Å². The molecule has 3 aromatic rings. The molecule has 2 amide bonds. The number of sulfonamides is 1. The van der Waals surface area contributed by atoms with Crippen molar-refractivity contribution >= 4 is 43.5 Å². The van der Waals surface area contributed by atoms with Gasteiger partial charge in [-0.2, -0.15) is 0 Å². The van der Waals surface area contributed by atoms with E-state index in [0.717, 1.165) is 4.31 Å². The number of carbonyl (C=O) groups excluding carboxylic acids is 2. The Bertz CT molecular complexity index is 1420. The maximum atomic E-state index is 14.0. The summed E-state index contributed by atoms with van der Waals surface area (Å²) < 4.78 is 48.7. The van der Waals surface area contributed by atoms with Gasteiger partial charge in [0.05, 0.1) is 17.2 Å². The number of hydrogen-bond donors (Lipinski definition) is 1. The van der Waals surface area contributed by atoms with Crippen LogP contribution in [-0.4, -0.2) is 50.4 Å². The van der Waals surface area contributed by atoms with Gasteiger partial charge in [0.1, 0.15) is 24.2 Å². The molecule has 3 aromatic carbocycles. The van der Waals surface area contributed by atoms with E-state index in [0.29, 0.717) is 22.4 Å². The third-order valence-corrected chi connectivity index (χ3v) is 8.52. The van der Waals surface area contributed by atoms with Crippen LogP contribution in [-0.2, 0) is 26.2 Å². The molecule has 0 aromatic heterocycles. The molecule has 3 rings (SSSR count). The Balaban J connectivity index is 2.06. The molecule has 1 N–H and O–H groups in total. The van der Waals surface area contributed by atoms with Gasteiger partial charge in [-0.3, -0.25) is 13.9 Å². The highest BCUT2D eigenvalue weighted by Gasteiger charge is 2.34. The van der Waals surface area contributed by atoms with E-state index in [4.69, 9.17) is 4.74 Å². The summed E-state index contributed by atoms with van der Waals surface area (Å²) in [4.78, 5) is 28.5. The van der Waals surface area contributed by atoms with Crippen LogP contribution in [0.5, 0.6) is 5.75 Å². The number of ether oxygens (including phenoxy) is 1. The van der Waals surface area contributed by atoms with Crippen LogP contribution in [0.4, 0.5) is 10.1 Å². The summed E-state index contributed by atoms with van der Waals surface area (Å²) in [5, 5.41) is 2.85. The molecule has 0 spiro atoms. The third-order valence-electron chi connectivity index (χ3n) is 6.20. The normalized spacial score (nSPS) is 12.1. The number of amides is 2. The number of hydrogen-bond acceptors (Lipinski definition) is 5. The summed E-state index contributed by atoms with van der Waals surface area (Å²) in [5.41, 5.74) is 0.852. The minimum atomic E-state index is -4.20. The smallest absolute Gasteiger partial charge is 0.264 e. The van der Waals surface area contributed by atoms with Gasteiger partial charge in [-0.15, -0.1) is 0 Å². The summed E-state index contributed by atoms with van der Waals surface area (Å²) in [7, 11) is -4.20. The lowest BCUT2D eigenvalue weighted by molar-refractivity contribution is -0.140. The number of benzene rings is 3. The first-order valence-corrected chi connectivity index (χ1v) is 15.5. The Morgan fingerprint density at radius 2 is 1.56 bits per heavy atom. The van der Waals surface area contributed by atoms with E-state index in [9.17, 15) is 22.4 Å². The SMILES string of the molecule is CCOc1ccc(N(CC(=O)N(Cc2ccc(F)cc2)C(CC)C(=O)NC(C)C)S(=O)(=O)c2ccc(Br)cc2)cc1. The molecule has 0 fully saturated rings. The fourth-order valence-corrected chi connectivity index (χ4v) is 5.90. The minimum absolute atomic E-state index is 0.00272.